The van der Waals surface area contributed by atoms with Crippen LogP contribution in [-0.2, 0) is 32.7 Å². The van der Waals surface area contributed by atoms with Gasteiger partial charge in [0.05, 0.1) is 13.2 Å². The number of aliphatic carboxylic acids is 1. The first-order valence-corrected chi connectivity index (χ1v) is 17.2. The van der Waals surface area contributed by atoms with Gasteiger partial charge in [0.15, 0.2) is 6.04 Å². The van der Waals surface area contributed by atoms with Gasteiger partial charge in [-0.3, -0.25) is 18.6 Å². The standard InChI is InChI=1S/C30H56NO10P/c1-3-5-7-8-9-10-11-12-13-14-15-16-17-18-19-20-21-28(33)31-27(30(35)36)25-41-42(37,38)40-24-26(32)23-39-29(34)22-6-4-2/h13-14,26-27,32H,3-12,15-25H2,1-2H3,(H,31,33)(H,35,36)(H,37,38)/b14-13-. The van der Waals surface area contributed by atoms with E-state index in [2.05, 4.69) is 33.4 Å². The predicted molar refractivity (Wildman–Crippen MR) is 162 cm³/mol. The van der Waals surface area contributed by atoms with E-state index >= 15 is 0 Å². The minimum Gasteiger partial charge on any atom is -0.480 e. The van der Waals surface area contributed by atoms with Gasteiger partial charge in [-0.05, 0) is 38.5 Å². The molecular weight excluding hydrogens is 565 g/mol. The number of allylic oxidation sites excluding steroid dienone is 2. The van der Waals surface area contributed by atoms with E-state index in [1.54, 1.807) is 0 Å². The number of phosphoric acid groups is 1. The number of carboxylic acid groups (broad SMARTS) is 1. The molecule has 11 nitrogen and oxygen atoms in total. The number of ether oxygens (including phenoxy) is 1. The Hall–Kier alpha value is -1.78. The topological polar surface area (TPSA) is 169 Å². The molecule has 3 atom stereocenters. The van der Waals surface area contributed by atoms with Gasteiger partial charge >= 0.3 is 19.8 Å². The molecule has 4 N–H and O–H groups in total. The molecule has 0 saturated heterocycles. The largest absolute Gasteiger partial charge is 0.480 e. The monoisotopic (exact) mass is 621 g/mol. The first-order chi connectivity index (χ1) is 20.1. The van der Waals surface area contributed by atoms with E-state index < -0.39 is 57.6 Å². The first-order valence-electron chi connectivity index (χ1n) is 15.7. The molecule has 0 heterocycles. The molecule has 12 heteroatoms. The zero-order chi connectivity index (χ0) is 31.5. The second-order valence-electron chi connectivity index (χ2n) is 10.6. The lowest BCUT2D eigenvalue weighted by molar-refractivity contribution is -0.147. The summed E-state index contributed by atoms with van der Waals surface area (Å²) in [5, 5.41) is 21.4. The number of carboxylic acids is 1. The minimum atomic E-state index is -4.72. The second kappa shape index (κ2) is 26.8. The molecule has 3 unspecified atom stereocenters. The summed E-state index contributed by atoms with van der Waals surface area (Å²) in [6.07, 6.45) is 21.0. The number of hydrogen-bond acceptors (Lipinski definition) is 8. The Kier molecular flexibility index (Phi) is 25.7. The van der Waals surface area contributed by atoms with Crippen molar-refractivity contribution in [1.82, 2.24) is 5.32 Å². The van der Waals surface area contributed by atoms with Crippen molar-refractivity contribution >= 4 is 25.7 Å². The van der Waals surface area contributed by atoms with Crippen LogP contribution in [0.4, 0.5) is 0 Å². The summed E-state index contributed by atoms with van der Waals surface area (Å²) >= 11 is 0. The van der Waals surface area contributed by atoms with Crippen molar-refractivity contribution < 1.29 is 47.8 Å². The van der Waals surface area contributed by atoms with E-state index in [-0.39, 0.29) is 12.8 Å². The molecule has 0 rings (SSSR count). The number of nitrogens with one attached hydrogen (secondary N) is 1. The van der Waals surface area contributed by atoms with Crippen LogP contribution in [0.1, 0.15) is 129 Å². The third-order valence-corrected chi connectivity index (χ3v) is 7.51. The van der Waals surface area contributed by atoms with Crippen molar-refractivity contribution in [3.8, 4) is 0 Å². The van der Waals surface area contributed by atoms with Crippen LogP contribution in [0, 0.1) is 0 Å². The minimum absolute atomic E-state index is 0.137. The van der Waals surface area contributed by atoms with Crippen LogP contribution in [0.2, 0.25) is 0 Å². The third-order valence-electron chi connectivity index (χ3n) is 6.55. The highest BCUT2D eigenvalue weighted by Crippen LogP contribution is 2.43. The maximum Gasteiger partial charge on any atom is 0.472 e. The smallest absolute Gasteiger partial charge is 0.472 e. The maximum absolute atomic E-state index is 12.2. The summed E-state index contributed by atoms with van der Waals surface area (Å²) in [5.74, 6) is -2.42. The van der Waals surface area contributed by atoms with Gasteiger partial charge in [-0.25, -0.2) is 9.36 Å². The fourth-order valence-corrected chi connectivity index (χ4v) is 4.76. The van der Waals surface area contributed by atoms with Crippen molar-refractivity contribution in [2.45, 2.75) is 142 Å². The van der Waals surface area contributed by atoms with Gasteiger partial charge in [0, 0.05) is 12.8 Å². The van der Waals surface area contributed by atoms with Crippen molar-refractivity contribution in [2.24, 2.45) is 0 Å². The van der Waals surface area contributed by atoms with Crippen molar-refractivity contribution in [3.63, 3.8) is 0 Å². The molecule has 0 aromatic carbocycles. The van der Waals surface area contributed by atoms with Gasteiger partial charge in [0.25, 0.3) is 0 Å². The lowest BCUT2D eigenvalue weighted by Crippen LogP contribution is -2.43. The van der Waals surface area contributed by atoms with E-state index in [9.17, 15) is 34.1 Å². The van der Waals surface area contributed by atoms with Crippen LogP contribution in [0.25, 0.3) is 0 Å². The van der Waals surface area contributed by atoms with E-state index in [0.29, 0.717) is 12.8 Å². The van der Waals surface area contributed by atoms with E-state index in [4.69, 9.17) is 4.74 Å². The van der Waals surface area contributed by atoms with Crippen LogP contribution in [0.15, 0.2) is 12.2 Å². The summed E-state index contributed by atoms with van der Waals surface area (Å²) in [4.78, 5) is 44.8. The van der Waals surface area contributed by atoms with Crippen molar-refractivity contribution in [2.75, 3.05) is 19.8 Å². The summed E-state index contributed by atoms with van der Waals surface area (Å²) in [5.41, 5.74) is 0. The molecule has 0 spiro atoms. The fraction of sp³-hybridized carbons (Fsp3) is 0.833. The van der Waals surface area contributed by atoms with E-state index in [1.165, 1.54) is 44.9 Å². The number of carbonyl (C=O) groups is 3. The summed E-state index contributed by atoms with van der Waals surface area (Å²) < 4.78 is 26.2. The van der Waals surface area contributed by atoms with E-state index in [1.807, 2.05) is 6.92 Å². The molecule has 0 saturated carbocycles. The Bertz CT molecular complexity index is 792. The molecule has 0 aliphatic carbocycles. The lowest BCUT2D eigenvalue weighted by Gasteiger charge is -2.18. The number of esters is 1. The Balaban J connectivity index is 3.98. The normalized spacial score (nSPS) is 14.4. The number of aliphatic hydroxyl groups is 1. The maximum atomic E-state index is 12.2. The third kappa shape index (κ3) is 25.9. The highest BCUT2D eigenvalue weighted by Gasteiger charge is 2.28. The highest BCUT2D eigenvalue weighted by molar-refractivity contribution is 7.47. The van der Waals surface area contributed by atoms with E-state index in [0.717, 1.165) is 44.9 Å². The van der Waals surface area contributed by atoms with Crippen LogP contribution in [0.3, 0.4) is 0 Å². The molecule has 1 amide bonds. The van der Waals surface area contributed by atoms with Gasteiger partial charge in [-0.15, -0.1) is 0 Å². The lowest BCUT2D eigenvalue weighted by atomic mass is 10.1. The summed E-state index contributed by atoms with van der Waals surface area (Å²) in [6.45, 7) is 2.25. The number of phosphoric ester groups is 1. The SMILES string of the molecule is CCCCCCCCC/C=C\CCCCCCCC(=O)NC(COP(=O)(O)OCC(O)COC(=O)CCCC)C(=O)O. The molecule has 0 bridgehead atoms. The number of carbonyl (C=O) groups excluding carboxylic acids is 2. The molecular formula is C30H56NO10P. The number of rotatable bonds is 29. The highest BCUT2D eigenvalue weighted by atomic mass is 31.2. The van der Waals surface area contributed by atoms with Crippen LogP contribution in [0.5, 0.6) is 0 Å². The Labute approximate surface area is 252 Å². The van der Waals surface area contributed by atoms with Gasteiger partial charge in [0.2, 0.25) is 5.91 Å². The number of amides is 1. The quantitative estimate of drug-likeness (QED) is 0.0326. The molecule has 0 aromatic rings. The van der Waals surface area contributed by atoms with Crippen LogP contribution < -0.4 is 5.32 Å². The van der Waals surface area contributed by atoms with Gasteiger partial charge in [-0.2, -0.15) is 0 Å². The Morgan fingerprint density at radius 1 is 0.738 bits per heavy atom. The molecule has 0 aliphatic rings. The zero-order valence-corrected chi connectivity index (χ0v) is 26.7. The van der Waals surface area contributed by atoms with Crippen LogP contribution in [-0.4, -0.2) is 64.9 Å². The average Bonchev–Trinajstić information content (AvgIpc) is 2.95. The zero-order valence-electron chi connectivity index (χ0n) is 25.8. The molecule has 0 aliphatic heterocycles. The molecule has 246 valence electrons. The van der Waals surface area contributed by atoms with Gasteiger partial charge < -0.3 is 25.2 Å². The molecule has 0 fully saturated rings. The Morgan fingerprint density at radius 3 is 1.83 bits per heavy atom. The fourth-order valence-electron chi connectivity index (χ4n) is 3.99. The molecule has 42 heavy (non-hydrogen) atoms. The number of aliphatic hydroxyl groups excluding tert-OH is 1. The Morgan fingerprint density at radius 2 is 1.26 bits per heavy atom. The van der Waals surface area contributed by atoms with Gasteiger partial charge in [0.1, 0.15) is 12.7 Å². The van der Waals surface area contributed by atoms with Crippen LogP contribution >= 0.6 is 7.82 Å². The molecule has 0 aromatic heterocycles. The predicted octanol–water partition coefficient (Wildman–Crippen LogP) is 6.21. The van der Waals surface area contributed by atoms with Crippen molar-refractivity contribution in [1.29, 1.82) is 0 Å². The van der Waals surface area contributed by atoms with Crippen molar-refractivity contribution in [3.05, 3.63) is 12.2 Å². The van der Waals surface area contributed by atoms with Gasteiger partial charge in [-0.1, -0.05) is 90.2 Å². The average molecular weight is 622 g/mol. The number of hydrogen-bond donors (Lipinski definition) is 4. The first kappa shape index (κ1) is 40.2. The summed E-state index contributed by atoms with van der Waals surface area (Å²) in [6, 6.07) is -1.54. The second-order valence-corrected chi connectivity index (χ2v) is 12.1. The summed E-state index contributed by atoms with van der Waals surface area (Å²) in [7, 11) is -4.72. The number of unbranched alkanes of at least 4 members (excludes halogenated alkanes) is 13. The molecule has 0 radical (unpaired) electrons.